The van der Waals surface area contributed by atoms with Crippen LogP contribution in [0.3, 0.4) is 0 Å². The van der Waals surface area contributed by atoms with Crippen molar-refractivity contribution in [3.8, 4) is 0 Å². The highest BCUT2D eigenvalue weighted by atomic mass is 35.5. The molecule has 1 saturated heterocycles. The van der Waals surface area contributed by atoms with Crippen molar-refractivity contribution in [1.82, 2.24) is 9.62 Å². The number of rotatable bonds is 3. The van der Waals surface area contributed by atoms with Crippen molar-refractivity contribution in [3.63, 3.8) is 0 Å². The van der Waals surface area contributed by atoms with Gasteiger partial charge in [0.2, 0.25) is 10.0 Å². The molecule has 0 aliphatic carbocycles. The summed E-state index contributed by atoms with van der Waals surface area (Å²) in [7, 11) is -2.33. The van der Waals surface area contributed by atoms with Gasteiger partial charge in [-0.25, -0.2) is 12.8 Å². The molecule has 1 fully saturated rings. The van der Waals surface area contributed by atoms with Crippen LogP contribution in [0.1, 0.15) is 0 Å². The van der Waals surface area contributed by atoms with E-state index in [0.717, 1.165) is 6.07 Å². The lowest BCUT2D eigenvalue weighted by Crippen LogP contribution is -2.57. The van der Waals surface area contributed by atoms with Gasteiger partial charge in [0.15, 0.2) is 0 Å². The zero-order valence-electron chi connectivity index (χ0n) is 9.15. The maximum absolute atomic E-state index is 13.6. The molecule has 1 aliphatic rings. The number of sulfonamides is 1. The third-order valence-corrected chi connectivity index (χ3v) is 5.00. The first kappa shape index (κ1) is 12.8. The molecule has 0 radical (unpaired) electrons. The first-order valence-corrected chi connectivity index (χ1v) is 6.88. The van der Waals surface area contributed by atoms with Crippen molar-refractivity contribution in [2.45, 2.75) is 10.9 Å². The molecule has 7 heteroatoms. The SMILES string of the molecule is CN(C1CNC1)S(=O)(=O)c1ccc(Cl)cc1F. The first-order valence-electron chi connectivity index (χ1n) is 5.07. The molecule has 1 N–H and O–H groups in total. The van der Waals surface area contributed by atoms with Crippen molar-refractivity contribution in [1.29, 1.82) is 0 Å². The monoisotopic (exact) mass is 278 g/mol. The summed E-state index contributed by atoms with van der Waals surface area (Å²) < 4.78 is 39.0. The molecular formula is C10H12ClFN2O2S. The molecule has 1 aromatic carbocycles. The maximum Gasteiger partial charge on any atom is 0.246 e. The Morgan fingerprint density at radius 1 is 1.47 bits per heavy atom. The van der Waals surface area contributed by atoms with E-state index in [9.17, 15) is 12.8 Å². The second kappa shape index (κ2) is 4.53. The number of hydrogen-bond donors (Lipinski definition) is 1. The average molecular weight is 279 g/mol. The summed E-state index contributed by atoms with van der Waals surface area (Å²) in [6, 6.07) is 3.44. The maximum atomic E-state index is 13.6. The number of likely N-dealkylation sites (N-methyl/N-ethyl adjacent to an activating group) is 1. The fourth-order valence-electron chi connectivity index (χ4n) is 1.57. The fourth-order valence-corrected chi connectivity index (χ4v) is 3.12. The van der Waals surface area contributed by atoms with Gasteiger partial charge in [0.25, 0.3) is 0 Å². The van der Waals surface area contributed by atoms with Crippen LogP contribution in [0.5, 0.6) is 0 Å². The van der Waals surface area contributed by atoms with Gasteiger partial charge in [-0.15, -0.1) is 0 Å². The number of hydrogen-bond acceptors (Lipinski definition) is 3. The molecule has 1 heterocycles. The van der Waals surface area contributed by atoms with Crippen molar-refractivity contribution in [3.05, 3.63) is 29.0 Å². The molecular weight excluding hydrogens is 267 g/mol. The predicted octanol–water partition coefficient (Wildman–Crippen LogP) is 1.07. The Morgan fingerprint density at radius 2 is 2.12 bits per heavy atom. The second-order valence-electron chi connectivity index (χ2n) is 3.91. The summed E-state index contributed by atoms with van der Waals surface area (Å²) in [5.74, 6) is -0.823. The molecule has 0 spiro atoms. The predicted molar refractivity (Wildman–Crippen MR) is 63.0 cm³/mol. The lowest BCUT2D eigenvalue weighted by molar-refractivity contribution is 0.273. The van der Waals surface area contributed by atoms with E-state index in [4.69, 9.17) is 11.6 Å². The molecule has 0 aromatic heterocycles. The van der Waals surface area contributed by atoms with Gasteiger partial charge >= 0.3 is 0 Å². The molecule has 0 atom stereocenters. The minimum atomic E-state index is -3.79. The number of halogens is 2. The van der Waals surface area contributed by atoms with E-state index in [-0.39, 0.29) is 16.0 Å². The largest absolute Gasteiger partial charge is 0.313 e. The second-order valence-corrected chi connectivity index (χ2v) is 6.31. The van der Waals surface area contributed by atoms with Crippen LogP contribution in [0.25, 0.3) is 0 Å². The van der Waals surface area contributed by atoms with Crippen LogP contribution >= 0.6 is 11.6 Å². The van der Waals surface area contributed by atoms with E-state index in [2.05, 4.69) is 5.32 Å². The standard InChI is InChI=1S/C10H12ClFN2O2S/c1-14(8-5-13-6-8)17(15,16)10-3-2-7(11)4-9(10)12/h2-4,8,13H,5-6H2,1H3. The van der Waals surface area contributed by atoms with E-state index in [0.29, 0.717) is 13.1 Å². The summed E-state index contributed by atoms with van der Waals surface area (Å²) in [5.41, 5.74) is 0. The van der Waals surface area contributed by atoms with Crippen LogP contribution < -0.4 is 5.32 Å². The van der Waals surface area contributed by atoms with E-state index >= 15 is 0 Å². The Hall–Kier alpha value is -0.690. The highest BCUT2D eigenvalue weighted by Gasteiger charge is 2.33. The Morgan fingerprint density at radius 3 is 2.59 bits per heavy atom. The summed E-state index contributed by atoms with van der Waals surface area (Å²) in [4.78, 5) is -0.337. The molecule has 4 nitrogen and oxygen atoms in total. The molecule has 0 saturated carbocycles. The van der Waals surface area contributed by atoms with Gasteiger partial charge in [-0.2, -0.15) is 4.31 Å². The van der Waals surface area contributed by atoms with Crippen LogP contribution in [-0.4, -0.2) is 38.9 Å². The molecule has 0 bridgehead atoms. The van der Waals surface area contributed by atoms with Crippen LogP contribution in [0.4, 0.5) is 4.39 Å². The van der Waals surface area contributed by atoms with Crippen LogP contribution in [0.15, 0.2) is 23.1 Å². The topological polar surface area (TPSA) is 49.4 Å². The Labute approximate surface area is 104 Å². The number of nitrogens with one attached hydrogen (secondary N) is 1. The van der Waals surface area contributed by atoms with E-state index in [1.807, 2.05) is 0 Å². The molecule has 0 amide bonds. The number of nitrogens with zero attached hydrogens (tertiary/aromatic N) is 1. The zero-order chi connectivity index (χ0) is 12.6. The third kappa shape index (κ3) is 2.30. The third-order valence-electron chi connectivity index (χ3n) is 2.83. The molecule has 0 unspecified atom stereocenters. The normalized spacial score (nSPS) is 17.2. The lowest BCUT2D eigenvalue weighted by atomic mass is 10.2. The molecule has 2 rings (SSSR count). The van der Waals surface area contributed by atoms with Gasteiger partial charge in [0, 0.05) is 31.2 Å². The van der Waals surface area contributed by atoms with Gasteiger partial charge in [-0.1, -0.05) is 11.6 Å². The van der Waals surface area contributed by atoms with E-state index in [1.165, 1.54) is 23.5 Å². The lowest BCUT2D eigenvalue weighted by Gasteiger charge is -2.34. The van der Waals surface area contributed by atoms with Crippen LogP contribution in [0, 0.1) is 5.82 Å². The van der Waals surface area contributed by atoms with Gasteiger partial charge in [0.05, 0.1) is 0 Å². The van der Waals surface area contributed by atoms with Crippen LogP contribution in [0.2, 0.25) is 5.02 Å². The molecule has 17 heavy (non-hydrogen) atoms. The highest BCUT2D eigenvalue weighted by Crippen LogP contribution is 2.23. The summed E-state index contributed by atoms with van der Waals surface area (Å²) in [5, 5.41) is 3.14. The first-order chi connectivity index (χ1) is 7.93. The summed E-state index contributed by atoms with van der Waals surface area (Å²) in [6.07, 6.45) is 0. The smallest absolute Gasteiger partial charge is 0.246 e. The Bertz CT molecular complexity index is 531. The minimum absolute atomic E-state index is 0.116. The Balaban J connectivity index is 2.36. The Kier molecular flexibility index (Phi) is 3.40. The highest BCUT2D eigenvalue weighted by molar-refractivity contribution is 7.89. The average Bonchev–Trinajstić information content (AvgIpc) is 2.13. The van der Waals surface area contributed by atoms with Gasteiger partial charge in [-0.05, 0) is 18.2 Å². The summed E-state index contributed by atoms with van der Waals surface area (Å²) >= 11 is 5.59. The summed E-state index contributed by atoms with van der Waals surface area (Å²) in [6.45, 7) is 1.18. The van der Waals surface area contributed by atoms with E-state index < -0.39 is 15.8 Å². The minimum Gasteiger partial charge on any atom is -0.313 e. The molecule has 1 aromatic rings. The zero-order valence-corrected chi connectivity index (χ0v) is 10.7. The van der Waals surface area contributed by atoms with Crippen molar-refractivity contribution in [2.75, 3.05) is 20.1 Å². The van der Waals surface area contributed by atoms with Gasteiger partial charge in [0.1, 0.15) is 10.7 Å². The molecule has 94 valence electrons. The quantitative estimate of drug-likeness (QED) is 0.900. The number of benzene rings is 1. The van der Waals surface area contributed by atoms with Crippen molar-refractivity contribution in [2.24, 2.45) is 0 Å². The van der Waals surface area contributed by atoms with E-state index in [1.54, 1.807) is 0 Å². The van der Waals surface area contributed by atoms with Gasteiger partial charge in [-0.3, -0.25) is 0 Å². The molecule has 1 aliphatic heterocycles. The fraction of sp³-hybridized carbons (Fsp3) is 0.400. The van der Waals surface area contributed by atoms with Crippen LogP contribution in [-0.2, 0) is 10.0 Å². The van der Waals surface area contributed by atoms with Crippen molar-refractivity contribution >= 4 is 21.6 Å². The van der Waals surface area contributed by atoms with Gasteiger partial charge < -0.3 is 5.32 Å². The van der Waals surface area contributed by atoms with Crippen molar-refractivity contribution < 1.29 is 12.8 Å².